The zero-order valence-electron chi connectivity index (χ0n) is 7.62. The van der Waals surface area contributed by atoms with Crippen LogP contribution in [-0.2, 0) is 6.42 Å². The van der Waals surface area contributed by atoms with E-state index >= 15 is 0 Å². The summed E-state index contributed by atoms with van der Waals surface area (Å²) in [5.41, 5.74) is 0.715. The van der Waals surface area contributed by atoms with Gasteiger partial charge in [-0.15, -0.1) is 0 Å². The van der Waals surface area contributed by atoms with Crippen molar-refractivity contribution >= 4 is 0 Å². The second kappa shape index (κ2) is 4.00. The zero-order valence-corrected chi connectivity index (χ0v) is 7.62. The highest BCUT2D eigenvalue weighted by Crippen LogP contribution is 2.29. The molecule has 1 atom stereocenters. The molecule has 14 heavy (non-hydrogen) atoms. The van der Waals surface area contributed by atoms with E-state index in [1.807, 2.05) is 6.92 Å². The molecule has 0 saturated heterocycles. The van der Waals surface area contributed by atoms with Crippen LogP contribution in [0.4, 0.5) is 13.2 Å². The summed E-state index contributed by atoms with van der Waals surface area (Å²) in [7, 11) is 0. The minimum atomic E-state index is -4.47. The predicted molar refractivity (Wildman–Crippen MR) is 43.8 cm³/mol. The van der Waals surface area contributed by atoms with Gasteiger partial charge in [-0.2, -0.15) is 18.3 Å². The Balaban J connectivity index is 2.90. The van der Waals surface area contributed by atoms with Crippen molar-refractivity contribution < 1.29 is 18.3 Å². The van der Waals surface area contributed by atoms with Crippen LogP contribution in [0.1, 0.15) is 18.5 Å². The molecule has 1 aromatic heterocycles. The number of aryl methyl sites for hydroxylation is 1. The van der Waals surface area contributed by atoms with Crippen LogP contribution >= 0.6 is 0 Å². The van der Waals surface area contributed by atoms with Crippen molar-refractivity contribution in [2.24, 2.45) is 0 Å². The lowest BCUT2D eigenvalue weighted by atomic mass is 10.3. The van der Waals surface area contributed by atoms with Gasteiger partial charge in [-0.05, 0) is 12.0 Å². The van der Waals surface area contributed by atoms with E-state index in [1.165, 1.54) is 12.4 Å². The maximum Gasteiger partial charge on any atom is 0.413 e. The number of alkyl halides is 3. The largest absolute Gasteiger partial charge is 0.413 e. The fraction of sp³-hybridized carbons (Fsp3) is 0.625. The summed E-state index contributed by atoms with van der Waals surface area (Å²) in [4.78, 5) is 0. The summed E-state index contributed by atoms with van der Waals surface area (Å²) in [5, 5.41) is 12.2. The second-order valence-corrected chi connectivity index (χ2v) is 2.92. The Bertz CT molecular complexity index is 295. The van der Waals surface area contributed by atoms with Gasteiger partial charge in [0.25, 0.3) is 0 Å². The molecule has 1 unspecified atom stereocenters. The first-order valence-electron chi connectivity index (χ1n) is 4.19. The van der Waals surface area contributed by atoms with Crippen molar-refractivity contribution in [1.82, 2.24) is 9.78 Å². The summed E-state index contributed by atoms with van der Waals surface area (Å²) in [6, 6.07) is -1.94. The number of aliphatic hydroxyl groups is 1. The highest BCUT2D eigenvalue weighted by Gasteiger charge is 2.41. The van der Waals surface area contributed by atoms with Crippen LogP contribution in [0.15, 0.2) is 12.4 Å². The number of aromatic nitrogens is 2. The van der Waals surface area contributed by atoms with E-state index in [9.17, 15) is 13.2 Å². The fourth-order valence-corrected chi connectivity index (χ4v) is 1.07. The average molecular weight is 208 g/mol. The van der Waals surface area contributed by atoms with Crippen LogP contribution < -0.4 is 0 Å². The van der Waals surface area contributed by atoms with Crippen LogP contribution in [0.3, 0.4) is 0 Å². The first-order chi connectivity index (χ1) is 6.49. The van der Waals surface area contributed by atoms with Gasteiger partial charge in [-0.25, -0.2) is 0 Å². The minimum Gasteiger partial charge on any atom is -0.394 e. The molecule has 0 fully saturated rings. The molecule has 1 heterocycles. The third-order valence-corrected chi connectivity index (χ3v) is 1.93. The fourth-order valence-electron chi connectivity index (χ4n) is 1.07. The van der Waals surface area contributed by atoms with E-state index in [0.29, 0.717) is 12.0 Å². The summed E-state index contributed by atoms with van der Waals surface area (Å²) in [6.45, 7) is 0.831. The van der Waals surface area contributed by atoms with Crippen LogP contribution in [0.25, 0.3) is 0 Å². The summed E-state index contributed by atoms with van der Waals surface area (Å²) >= 11 is 0. The van der Waals surface area contributed by atoms with Crippen molar-refractivity contribution in [2.75, 3.05) is 6.61 Å². The number of aliphatic hydroxyl groups excluding tert-OH is 1. The number of rotatable bonds is 3. The van der Waals surface area contributed by atoms with Crippen LogP contribution in [0.5, 0.6) is 0 Å². The average Bonchev–Trinajstić information content (AvgIpc) is 2.51. The van der Waals surface area contributed by atoms with E-state index in [4.69, 9.17) is 5.11 Å². The smallest absolute Gasteiger partial charge is 0.394 e. The van der Waals surface area contributed by atoms with Crippen molar-refractivity contribution in [3.8, 4) is 0 Å². The molecule has 3 nitrogen and oxygen atoms in total. The van der Waals surface area contributed by atoms with Gasteiger partial charge in [0.05, 0.1) is 12.8 Å². The molecule has 6 heteroatoms. The van der Waals surface area contributed by atoms with Gasteiger partial charge in [0, 0.05) is 6.20 Å². The topological polar surface area (TPSA) is 38.0 Å². The first-order valence-corrected chi connectivity index (χ1v) is 4.19. The van der Waals surface area contributed by atoms with Gasteiger partial charge in [0.2, 0.25) is 0 Å². The molecular weight excluding hydrogens is 197 g/mol. The third kappa shape index (κ3) is 2.25. The number of halogens is 3. The van der Waals surface area contributed by atoms with Crippen molar-refractivity contribution in [3.05, 3.63) is 18.0 Å². The molecule has 1 N–H and O–H groups in total. The number of hydrogen-bond donors (Lipinski definition) is 1. The van der Waals surface area contributed by atoms with Crippen molar-refractivity contribution in [3.63, 3.8) is 0 Å². The molecule has 0 bridgehead atoms. The Morgan fingerprint density at radius 1 is 1.57 bits per heavy atom. The quantitative estimate of drug-likeness (QED) is 0.818. The number of hydrogen-bond acceptors (Lipinski definition) is 2. The molecule has 0 amide bonds. The van der Waals surface area contributed by atoms with Gasteiger partial charge in [0.1, 0.15) is 0 Å². The first kappa shape index (κ1) is 11.0. The lowest BCUT2D eigenvalue weighted by molar-refractivity contribution is -0.178. The summed E-state index contributed by atoms with van der Waals surface area (Å²) < 4.78 is 37.6. The second-order valence-electron chi connectivity index (χ2n) is 2.92. The molecular formula is C8H11F3N2O. The van der Waals surface area contributed by atoms with Gasteiger partial charge in [-0.3, -0.25) is 4.68 Å². The third-order valence-electron chi connectivity index (χ3n) is 1.93. The Morgan fingerprint density at radius 3 is 2.57 bits per heavy atom. The van der Waals surface area contributed by atoms with E-state index < -0.39 is 18.8 Å². The molecule has 80 valence electrons. The van der Waals surface area contributed by atoms with E-state index in [-0.39, 0.29) is 0 Å². The molecule has 0 spiro atoms. The molecule has 0 saturated carbocycles. The van der Waals surface area contributed by atoms with E-state index in [1.54, 1.807) is 0 Å². The molecule has 1 rings (SSSR count). The van der Waals surface area contributed by atoms with Gasteiger partial charge < -0.3 is 5.11 Å². The van der Waals surface area contributed by atoms with E-state index in [2.05, 4.69) is 5.10 Å². The standard InChI is InChI=1S/C8H11F3N2O/c1-2-6-3-12-13(4-6)7(5-14)8(9,10)11/h3-4,7,14H,2,5H2,1H3. The lowest BCUT2D eigenvalue weighted by Crippen LogP contribution is -2.29. The maximum absolute atomic E-state index is 12.3. The van der Waals surface area contributed by atoms with E-state index in [0.717, 1.165) is 4.68 Å². The highest BCUT2D eigenvalue weighted by atomic mass is 19.4. The molecule has 0 aromatic carbocycles. The predicted octanol–water partition coefficient (Wildman–Crippen LogP) is 1.54. The molecule has 1 aromatic rings. The Labute approximate surface area is 79.2 Å². The van der Waals surface area contributed by atoms with Gasteiger partial charge in [0.15, 0.2) is 6.04 Å². The molecule has 0 aliphatic rings. The van der Waals surface area contributed by atoms with Crippen molar-refractivity contribution in [1.29, 1.82) is 0 Å². The number of nitrogens with zero attached hydrogens (tertiary/aromatic N) is 2. The van der Waals surface area contributed by atoms with Crippen LogP contribution in [-0.4, -0.2) is 27.7 Å². The van der Waals surface area contributed by atoms with Crippen molar-refractivity contribution in [2.45, 2.75) is 25.6 Å². The van der Waals surface area contributed by atoms with Crippen LogP contribution in [0, 0.1) is 0 Å². The van der Waals surface area contributed by atoms with Crippen LogP contribution in [0.2, 0.25) is 0 Å². The lowest BCUT2D eigenvalue weighted by Gasteiger charge is -2.17. The van der Waals surface area contributed by atoms with Gasteiger partial charge in [-0.1, -0.05) is 6.92 Å². The monoisotopic (exact) mass is 208 g/mol. The van der Waals surface area contributed by atoms with Gasteiger partial charge >= 0.3 is 6.18 Å². The molecule has 0 radical (unpaired) electrons. The maximum atomic E-state index is 12.3. The molecule has 0 aliphatic heterocycles. The normalized spacial score (nSPS) is 14.4. The summed E-state index contributed by atoms with van der Waals surface area (Å²) in [5.74, 6) is 0. The highest BCUT2D eigenvalue weighted by molar-refractivity contribution is 5.04. The minimum absolute atomic E-state index is 0.621. The Kier molecular flexibility index (Phi) is 3.15. The Hall–Kier alpha value is -1.04. The molecule has 0 aliphatic carbocycles. The Morgan fingerprint density at radius 2 is 2.21 bits per heavy atom. The zero-order chi connectivity index (χ0) is 10.8. The summed E-state index contributed by atoms with van der Waals surface area (Å²) in [6.07, 6.45) is -1.18. The SMILES string of the molecule is CCc1cnn(C(CO)C(F)(F)F)c1.